The number of anilines is 1. The topological polar surface area (TPSA) is 45.2 Å². The highest BCUT2D eigenvalue weighted by Gasteiger charge is 2.17. The zero-order valence-electron chi connectivity index (χ0n) is 12.4. The summed E-state index contributed by atoms with van der Waals surface area (Å²) in [6, 6.07) is 3.69. The first-order valence-electron chi connectivity index (χ1n) is 7.80. The smallest absolute Gasteiger partial charge is 0.254 e. The summed E-state index contributed by atoms with van der Waals surface area (Å²) in [5.41, 5.74) is 0.749. The summed E-state index contributed by atoms with van der Waals surface area (Å²) in [5.74, 6) is 0.943. The van der Waals surface area contributed by atoms with Crippen molar-refractivity contribution in [2.45, 2.75) is 45.4 Å². The van der Waals surface area contributed by atoms with Crippen LogP contribution in [0.1, 0.15) is 55.8 Å². The Morgan fingerprint density at radius 1 is 1.25 bits per heavy atom. The van der Waals surface area contributed by atoms with Crippen molar-refractivity contribution in [1.29, 1.82) is 0 Å². The van der Waals surface area contributed by atoms with E-state index < -0.39 is 0 Å². The summed E-state index contributed by atoms with van der Waals surface area (Å²) in [6.07, 6.45) is 8.80. The average Bonchev–Trinajstić information content (AvgIpc) is 2.44. The molecule has 0 bridgehead atoms. The minimum absolute atomic E-state index is 0.147. The van der Waals surface area contributed by atoms with Crippen molar-refractivity contribution < 1.29 is 4.79 Å². The lowest BCUT2D eigenvalue weighted by Crippen LogP contribution is -2.33. The van der Waals surface area contributed by atoms with Gasteiger partial charge in [-0.05, 0) is 31.4 Å². The molecule has 0 aliphatic carbocycles. The number of likely N-dealkylation sites (tertiary alicyclic amines) is 1. The van der Waals surface area contributed by atoms with E-state index in [1.807, 2.05) is 17.0 Å². The number of nitrogens with zero attached hydrogens (tertiary/aromatic N) is 2. The van der Waals surface area contributed by atoms with Crippen LogP contribution in [0.5, 0.6) is 0 Å². The molecule has 0 unspecified atom stereocenters. The third kappa shape index (κ3) is 4.22. The first-order valence-corrected chi connectivity index (χ1v) is 7.80. The van der Waals surface area contributed by atoms with Crippen LogP contribution in [0.25, 0.3) is 0 Å². The van der Waals surface area contributed by atoms with Gasteiger partial charge in [-0.3, -0.25) is 4.79 Å². The third-order valence-corrected chi connectivity index (χ3v) is 3.71. The maximum atomic E-state index is 12.6. The van der Waals surface area contributed by atoms with Crippen LogP contribution in [0.3, 0.4) is 0 Å². The van der Waals surface area contributed by atoms with E-state index in [2.05, 4.69) is 17.2 Å². The number of hydrogen-bond acceptors (Lipinski definition) is 3. The normalized spacial score (nSPS) is 16.4. The molecule has 20 heavy (non-hydrogen) atoms. The Bertz CT molecular complexity index is 425. The van der Waals surface area contributed by atoms with Crippen molar-refractivity contribution in [2.75, 3.05) is 25.0 Å². The fraction of sp³-hybridized carbons (Fsp3) is 0.625. The molecule has 1 aromatic rings. The van der Waals surface area contributed by atoms with E-state index >= 15 is 0 Å². The number of nitrogens with one attached hydrogen (secondary N) is 1. The number of hydrogen-bond donors (Lipinski definition) is 1. The number of rotatable bonds is 4. The molecule has 2 rings (SSSR count). The van der Waals surface area contributed by atoms with Crippen LogP contribution in [-0.2, 0) is 0 Å². The summed E-state index contributed by atoms with van der Waals surface area (Å²) in [4.78, 5) is 18.8. The van der Waals surface area contributed by atoms with Crippen molar-refractivity contribution in [3.05, 3.63) is 23.9 Å². The van der Waals surface area contributed by atoms with E-state index in [9.17, 15) is 4.79 Å². The quantitative estimate of drug-likeness (QED) is 0.917. The lowest BCUT2D eigenvalue weighted by molar-refractivity contribution is 0.0742. The van der Waals surface area contributed by atoms with Crippen molar-refractivity contribution in [1.82, 2.24) is 9.88 Å². The molecule has 1 aliphatic rings. The Kier molecular flexibility index (Phi) is 5.84. The Morgan fingerprint density at radius 2 is 1.95 bits per heavy atom. The van der Waals surface area contributed by atoms with E-state index in [0.29, 0.717) is 0 Å². The Labute approximate surface area is 121 Å². The molecule has 1 saturated heterocycles. The molecule has 1 amide bonds. The standard InChI is InChI=1S/C16H25N3O/c1-2-9-17-15-13-14(8-10-18-15)16(20)19-11-6-4-3-5-7-12-19/h8,10,13H,2-7,9,11-12H2,1H3,(H,17,18). The van der Waals surface area contributed by atoms with E-state index in [-0.39, 0.29) is 5.91 Å². The first-order chi connectivity index (χ1) is 9.81. The van der Waals surface area contributed by atoms with Crippen molar-refractivity contribution in [2.24, 2.45) is 0 Å². The molecule has 110 valence electrons. The molecule has 4 heteroatoms. The second kappa shape index (κ2) is 7.88. The molecular formula is C16H25N3O. The SMILES string of the molecule is CCCNc1cc(C(=O)N2CCCCCCC2)ccn1. The van der Waals surface area contributed by atoms with Crippen LogP contribution in [0.2, 0.25) is 0 Å². The minimum Gasteiger partial charge on any atom is -0.370 e. The lowest BCUT2D eigenvalue weighted by Gasteiger charge is -2.25. The third-order valence-electron chi connectivity index (χ3n) is 3.71. The van der Waals surface area contributed by atoms with E-state index in [1.165, 1.54) is 19.3 Å². The fourth-order valence-electron chi connectivity index (χ4n) is 2.55. The van der Waals surface area contributed by atoms with Crippen LogP contribution >= 0.6 is 0 Å². The van der Waals surface area contributed by atoms with Gasteiger partial charge in [-0.25, -0.2) is 4.98 Å². The molecule has 1 fully saturated rings. The second-order valence-electron chi connectivity index (χ2n) is 5.42. The lowest BCUT2D eigenvalue weighted by atomic mass is 10.1. The van der Waals surface area contributed by atoms with E-state index in [0.717, 1.165) is 50.3 Å². The van der Waals surface area contributed by atoms with Gasteiger partial charge in [0, 0.05) is 31.4 Å². The van der Waals surface area contributed by atoms with Crippen LogP contribution in [0.15, 0.2) is 18.3 Å². The van der Waals surface area contributed by atoms with Gasteiger partial charge in [-0.2, -0.15) is 0 Å². The Balaban J connectivity index is 2.02. The van der Waals surface area contributed by atoms with Crippen molar-refractivity contribution in [3.8, 4) is 0 Å². The summed E-state index contributed by atoms with van der Waals surface area (Å²) in [5, 5.41) is 3.23. The van der Waals surface area contributed by atoms with Gasteiger partial charge < -0.3 is 10.2 Å². The van der Waals surface area contributed by atoms with Crippen molar-refractivity contribution >= 4 is 11.7 Å². The van der Waals surface area contributed by atoms with Crippen LogP contribution < -0.4 is 5.32 Å². The zero-order valence-corrected chi connectivity index (χ0v) is 12.4. The number of aromatic nitrogens is 1. The summed E-state index contributed by atoms with van der Waals surface area (Å²) >= 11 is 0. The first kappa shape index (κ1) is 14.8. The highest BCUT2D eigenvalue weighted by molar-refractivity contribution is 5.94. The van der Waals surface area contributed by atoms with Gasteiger partial charge in [0.05, 0.1) is 0 Å². The van der Waals surface area contributed by atoms with Crippen LogP contribution in [-0.4, -0.2) is 35.4 Å². The van der Waals surface area contributed by atoms with Gasteiger partial charge in [0.15, 0.2) is 0 Å². The second-order valence-corrected chi connectivity index (χ2v) is 5.42. The number of carbonyl (C=O) groups excluding carboxylic acids is 1. The largest absolute Gasteiger partial charge is 0.370 e. The molecule has 0 spiro atoms. The monoisotopic (exact) mass is 275 g/mol. The highest BCUT2D eigenvalue weighted by atomic mass is 16.2. The molecule has 1 N–H and O–H groups in total. The fourth-order valence-corrected chi connectivity index (χ4v) is 2.55. The maximum absolute atomic E-state index is 12.6. The molecule has 1 aromatic heterocycles. The minimum atomic E-state index is 0.147. The summed E-state index contributed by atoms with van der Waals surface area (Å²) in [7, 11) is 0. The maximum Gasteiger partial charge on any atom is 0.254 e. The number of pyridine rings is 1. The molecule has 0 atom stereocenters. The van der Waals surface area contributed by atoms with Gasteiger partial charge in [-0.1, -0.05) is 26.2 Å². The average molecular weight is 275 g/mol. The molecule has 0 radical (unpaired) electrons. The summed E-state index contributed by atoms with van der Waals surface area (Å²) < 4.78 is 0. The van der Waals surface area contributed by atoms with Crippen LogP contribution in [0.4, 0.5) is 5.82 Å². The van der Waals surface area contributed by atoms with Crippen molar-refractivity contribution in [3.63, 3.8) is 0 Å². The Hall–Kier alpha value is -1.58. The number of carbonyl (C=O) groups is 1. The Morgan fingerprint density at radius 3 is 2.65 bits per heavy atom. The van der Waals surface area contributed by atoms with Gasteiger partial charge in [0.25, 0.3) is 5.91 Å². The summed E-state index contributed by atoms with van der Waals surface area (Å²) in [6.45, 7) is 4.77. The molecule has 0 saturated carbocycles. The molecule has 4 nitrogen and oxygen atoms in total. The number of amides is 1. The van der Waals surface area contributed by atoms with E-state index in [4.69, 9.17) is 0 Å². The highest BCUT2D eigenvalue weighted by Crippen LogP contribution is 2.15. The molecule has 1 aliphatic heterocycles. The predicted octanol–water partition coefficient (Wildman–Crippen LogP) is 3.31. The molecule has 2 heterocycles. The van der Waals surface area contributed by atoms with Gasteiger partial charge >= 0.3 is 0 Å². The zero-order chi connectivity index (χ0) is 14.2. The van der Waals surface area contributed by atoms with E-state index in [1.54, 1.807) is 6.20 Å². The van der Waals surface area contributed by atoms with Crippen LogP contribution in [0, 0.1) is 0 Å². The van der Waals surface area contributed by atoms with Gasteiger partial charge in [0.2, 0.25) is 0 Å². The predicted molar refractivity (Wildman–Crippen MR) is 82.0 cm³/mol. The van der Waals surface area contributed by atoms with Gasteiger partial charge in [-0.15, -0.1) is 0 Å². The molecular weight excluding hydrogens is 250 g/mol. The molecule has 0 aromatic carbocycles. The van der Waals surface area contributed by atoms with Gasteiger partial charge in [0.1, 0.15) is 5.82 Å².